The van der Waals surface area contributed by atoms with Crippen molar-refractivity contribution in [3.63, 3.8) is 0 Å². The van der Waals surface area contributed by atoms with Crippen LogP contribution in [-0.2, 0) is 6.42 Å². The molecule has 2 unspecified atom stereocenters. The molecular formula is C16H24N2. The summed E-state index contributed by atoms with van der Waals surface area (Å²) < 4.78 is 0. The SMILES string of the molecule is CN1CCCC(NC2CCCc3ccccc32)C1. The number of hydrogen-bond donors (Lipinski definition) is 1. The second kappa shape index (κ2) is 5.41. The number of rotatable bonds is 2. The van der Waals surface area contributed by atoms with Gasteiger partial charge in [-0.05, 0) is 56.8 Å². The van der Waals surface area contributed by atoms with Crippen LogP contribution in [0.5, 0.6) is 0 Å². The molecule has 2 aliphatic rings. The topological polar surface area (TPSA) is 15.3 Å². The van der Waals surface area contributed by atoms with Crippen LogP contribution < -0.4 is 5.32 Å². The van der Waals surface area contributed by atoms with Crippen LogP contribution in [0.25, 0.3) is 0 Å². The van der Waals surface area contributed by atoms with Crippen molar-refractivity contribution in [2.75, 3.05) is 20.1 Å². The third-order valence-corrected chi connectivity index (χ3v) is 4.43. The minimum absolute atomic E-state index is 0.589. The Morgan fingerprint density at radius 1 is 1.17 bits per heavy atom. The lowest BCUT2D eigenvalue weighted by Crippen LogP contribution is -2.45. The number of likely N-dealkylation sites (N-methyl/N-ethyl adjacent to an activating group) is 1. The number of fused-ring (bicyclic) bond motifs is 1. The van der Waals surface area contributed by atoms with Crippen LogP contribution in [0.2, 0.25) is 0 Å². The zero-order chi connectivity index (χ0) is 12.4. The zero-order valence-electron chi connectivity index (χ0n) is 11.4. The zero-order valence-corrected chi connectivity index (χ0v) is 11.4. The van der Waals surface area contributed by atoms with E-state index in [0.29, 0.717) is 12.1 Å². The standard InChI is InChI=1S/C16H24N2/c1-18-11-5-8-14(12-18)17-16-10-4-7-13-6-2-3-9-15(13)16/h2-3,6,9,14,16-17H,4-5,7-8,10-12H2,1H3. The molecule has 0 saturated carbocycles. The van der Waals surface area contributed by atoms with Gasteiger partial charge in [0.2, 0.25) is 0 Å². The first-order valence-corrected chi connectivity index (χ1v) is 7.35. The average Bonchev–Trinajstić information content (AvgIpc) is 2.39. The third kappa shape index (κ3) is 2.60. The van der Waals surface area contributed by atoms with Gasteiger partial charge in [-0.3, -0.25) is 0 Å². The average molecular weight is 244 g/mol. The van der Waals surface area contributed by atoms with Gasteiger partial charge in [0.25, 0.3) is 0 Å². The Balaban J connectivity index is 1.70. The molecule has 0 spiro atoms. The second-order valence-electron chi connectivity index (χ2n) is 5.91. The quantitative estimate of drug-likeness (QED) is 0.860. The van der Waals surface area contributed by atoms with Crippen molar-refractivity contribution in [2.24, 2.45) is 0 Å². The van der Waals surface area contributed by atoms with E-state index in [1.807, 2.05) is 0 Å². The van der Waals surface area contributed by atoms with Crippen molar-refractivity contribution in [1.82, 2.24) is 10.2 Å². The predicted molar refractivity (Wildman–Crippen MR) is 75.8 cm³/mol. The number of nitrogens with zero attached hydrogens (tertiary/aromatic N) is 1. The van der Waals surface area contributed by atoms with E-state index in [2.05, 4.69) is 41.5 Å². The van der Waals surface area contributed by atoms with Crippen LogP contribution in [0.15, 0.2) is 24.3 Å². The summed E-state index contributed by atoms with van der Waals surface area (Å²) >= 11 is 0. The predicted octanol–water partition coefficient (Wildman–Crippen LogP) is 2.75. The van der Waals surface area contributed by atoms with Crippen LogP contribution in [-0.4, -0.2) is 31.1 Å². The molecule has 0 bridgehead atoms. The monoisotopic (exact) mass is 244 g/mol. The fourth-order valence-electron chi connectivity index (χ4n) is 3.51. The molecule has 2 nitrogen and oxygen atoms in total. The van der Waals surface area contributed by atoms with Crippen LogP contribution >= 0.6 is 0 Å². The molecule has 1 aliphatic carbocycles. The van der Waals surface area contributed by atoms with E-state index in [1.165, 1.54) is 45.2 Å². The Hall–Kier alpha value is -0.860. The van der Waals surface area contributed by atoms with Gasteiger partial charge in [0, 0.05) is 18.6 Å². The number of nitrogens with one attached hydrogen (secondary N) is 1. The summed E-state index contributed by atoms with van der Waals surface area (Å²) in [5.74, 6) is 0. The Kier molecular flexibility index (Phi) is 3.67. The first-order valence-electron chi connectivity index (χ1n) is 7.35. The lowest BCUT2D eigenvalue weighted by Gasteiger charge is -2.35. The summed E-state index contributed by atoms with van der Waals surface area (Å²) in [6.45, 7) is 2.47. The van der Waals surface area contributed by atoms with E-state index in [9.17, 15) is 0 Å². The maximum Gasteiger partial charge on any atom is 0.0326 e. The summed E-state index contributed by atoms with van der Waals surface area (Å²) in [5, 5.41) is 3.90. The summed E-state index contributed by atoms with van der Waals surface area (Å²) in [5.41, 5.74) is 3.11. The van der Waals surface area contributed by atoms with Crippen LogP contribution in [0.3, 0.4) is 0 Å². The fraction of sp³-hybridized carbons (Fsp3) is 0.625. The number of likely N-dealkylation sites (tertiary alicyclic amines) is 1. The molecule has 3 rings (SSSR count). The smallest absolute Gasteiger partial charge is 0.0326 e. The van der Waals surface area contributed by atoms with Crippen molar-refractivity contribution < 1.29 is 0 Å². The summed E-state index contributed by atoms with van der Waals surface area (Å²) in [4.78, 5) is 2.45. The molecule has 2 atom stereocenters. The van der Waals surface area contributed by atoms with Crippen LogP contribution in [0.1, 0.15) is 42.9 Å². The lowest BCUT2D eigenvalue weighted by atomic mass is 9.87. The molecule has 1 saturated heterocycles. The molecule has 1 N–H and O–H groups in total. The third-order valence-electron chi connectivity index (χ3n) is 4.43. The first-order chi connectivity index (χ1) is 8.83. The highest BCUT2D eigenvalue weighted by atomic mass is 15.1. The van der Waals surface area contributed by atoms with Gasteiger partial charge in [-0.2, -0.15) is 0 Å². The van der Waals surface area contributed by atoms with Gasteiger partial charge in [-0.25, -0.2) is 0 Å². The number of hydrogen-bond acceptors (Lipinski definition) is 2. The van der Waals surface area contributed by atoms with E-state index in [0.717, 1.165) is 0 Å². The largest absolute Gasteiger partial charge is 0.306 e. The summed E-state index contributed by atoms with van der Waals surface area (Å²) in [6, 6.07) is 10.3. The minimum atomic E-state index is 0.589. The van der Waals surface area contributed by atoms with E-state index in [-0.39, 0.29) is 0 Å². The van der Waals surface area contributed by atoms with Crippen LogP contribution in [0, 0.1) is 0 Å². The van der Waals surface area contributed by atoms with Crippen molar-refractivity contribution in [3.8, 4) is 0 Å². The molecule has 0 radical (unpaired) electrons. The molecule has 0 aromatic heterocycles. The number of piperidine rings is 1. The van der Waals surface area contributed by atoms with Crippen molar-refractivity contribution in [3.05, 3.63) is 35.4 Å². The van der Waals surface area contributed by atoms with E-state index in [4.69, 9.17) is 0 Å². The normalized spacial score (nSPS) is 28.9. The maximum absolute atomic E-state index is 3.90. The highest BCUT2D eigenvalue weighted by Gasteiger charge is 2.24. The van der Waals surface area contributed by atoms with E-state index >= 15 is 0 Å². The highest BCUT2D eigenvalue weighted by Crippen LogP contribution is 2.30. The van der Waals surface area contributed by atoms with Crippen LogP contribution in [0.4, 0.5) is 0 Å². The maximum atomic E-state index is 3.90. The fourth-order valence-corrected chi connectivity index (χ4v) is 3.51. The van der Waals surface area contributed by atoms with Gasteiger partial charge < -0.3 is 10.2 Å². The molecule has 0 amide bonds. The molecule has 18 heavy (non-hydrogen) atoms. The van der Waals surface area contributed by atoms with E-state index in [1.54, 1.807) is 11.1 Å². The summed E-state index contributed by atoms with van der Waals surface area (Å²) in [7, 11) is 2.24. The number of benzene rings is 1. The number of aryl methyl sites for hydroxylation is 1. The van der Waals surface area contributed by atoms with Crippen molar-refractivity contribution in [1.29, 1.82) is 0 Å². The lowest BCUT2D eigenvalue weighted by molar-refractivity contribution is 0.212. The van der Waals surface area contributed by atoms with Gasteiger partial charge >= 0.3 is 0 Å². The molecule has 98 valence electrons. The molecule has 2 heteroatoms. The first kappa shape index (κ1) is 12.2. The van der Waals surface area contributed by atoms with E-state index < -0.39 is 0 Å². The van der Waals surface area contributed by atoms with Gasteiger partial charge in [-0.15, -0.1) is 0 Å². The van der Waals surface area contributed by atoms with Gasteiger partial charge in [0.15, 0.2) is 0 Å². The molecule has 1 aromatic rings. The van der Waals surface area contributed by atoms with Crippen molar-refractivity contribution in [2.45, 2.75) is 44.2 Å². The Morgan fingerprint density at radius 2 is 2.06 bits per heavy atom. The minimum Gasteiger partial charge on any atom is -0.306 e. The molecule has 1 aliphatic heterocycles. The second-order valence-corrected chi connectivity index (χ2v) is 5.91. The Morgan fingerprint density at radius 3 is 2.94 bits per heavy atom. The molecule has 1 aromatic carbocycles. The Bertz CT molecular complexity index is 402. The molecule has 1 heterocycles. The van der Waals surface area contributed by atoms with Gasteiger partial charge in [0.1, 0.15) is 0 Å². The van der Waals surface area contributed by atoms with Crippen molar-refractivity contribution >= 4 is 0 Å². The molecular weight excluding hydrogens is 220 g/mol. The molecule has 1 fully saturated rings. The highest BCUT2D eigenvalue weighted by molar-refractivity contribution is 5.32. The van der Waals surface area contributed by atoms with Gasteiger partial charge in [0.05, 0.1) is 0 Å². The Labute approximate surface area is 110 Å². The van der Waals surface area contributed by atoms with Gasteiger partial charge in [-0.1, -0.05) is 24.3 Å². The summed E-state index contributed by atoms with van der Waals surface area (Å²) in [6.07, 6.45) is 6.57.